The predicted molar refractivity (Wildman–Crippen MR) is 100 cm³/mol. The van der Waals surface area contributed by atoms with Crippen LogP contribution in [0, 0.1) is 41.1 Å². The molecule has 3 rings (SSSR count). The number of nitriles is 1. The Hall–Kier alpha value is -3.08. The average molecular weight is 361 g/mol. The predicted octanol–water partition coefficient (Wildman–Crippen LogP) is 5.91. The van der Waals surface area contributed by atoms with E-state index in [4.69, 9.17) is 5.26 Å². The zero-order valence-electron chi connectivity index (χ0n) is 13.9. The van der Waals surface area contributed by atoms with Gasteiger partial charge < -0.3 is 0 Å². The third-order valence-electron chi connectivity index (χ3n) is 3.82. The number of hydrogen-bond donors (Lipinski definition) is 0. The summed E-state index contributed by atoms with van der Waals surface area (Å²) in [4.78, 5) is -0.304. The molecule has 26 heavy (non-hydrogen) atoms. The molecule has 0 bridgehead atoms. The van der Waals surface area contributed by atoms with Crippen molar-refractivity contribution < 1.29 is 8.78 Å². The third kappa shape index (κ3) is 3.94. The third-order valence-corrected chi connectivity index (χ3v) is 4.51. The molecule has 0 saturated heterocycles. The topological polar surface area (TPSA) is 23.8 Å². The van der Waals surface area contributed by atoms with Gasteiger partial charge in [0.1, 0.15) is 17.0 Å². The Bertz CT molecular complexity index is 1030. The van der Waals surface area contributed by atoms with E-state index in [1.165, 1.54) is 0 Å². The Kier molecular flexibility index (Phi) is 5.37. The summed E-state index contributed by atoms with van der Waals surface area (Å²) in [6.07, 6.45) is 0. The SMILES string of the molecule is Cc1cc(-c2ccccc2)ccc1C#Cc1cc(F)c(SC#N)c(F)c1. The van der Waals surface area contributed by atoms with Gasteiger partial charge in [-0.2, -0.15) is 5.26 Å². The molecule has 0 aliphatic heterocycles. The van der Waals surface area contributed by atoms with Crippen LogP contribution in [0.1, 0.15) is 16.7 Å². The van der Waals surface area contributed by atoms with Crippen molar-refractivity contribution in [3.05, 3.63) is 89.0 Å². The molecule has 0 saturated carbocycles. The highest BCUT2D eigenvalue weighted by atomic mass is 32.2. The van der Waals surface area contributed by atoms with E-state index in [1.807, 2.05) is 55.5 Å². The van der Waals surface area contributed by atoms with Crippen molar-refractivity contribution in [3.8, 4) is 28.4 Å². The number of hydrogen-bond acceptors (Lipinski definition) is 2. The fraction of sp³-hybridized carbons (Fsp3) is 0.0455. The fourth-order valence-corrected chi connectivity index (χ4v) is 2.93. The quantitative estimate of drug-likeness (QED) is 0.322. The van der Waals surface area contributed by atoms with Gasteiger partial charge in [0.15, 0.2) is 0 Å². The van der Waals surface area contributed by atoms with Crippen molar-refractivity contribution in [1.82, 2.24) is 0 Å². The number of aryl methyl sites for hydroxylation is 1. The molecule has 0 aliphatic carbocycles. The molecule has 0 fully saturated rings. The summed E-state index contributed by atoms with van der Waals surface area (Å²) in [5.74, 6) is 4.19. The maximum Gasteiger partial charge on any atom is 0.142 e. The minimum absolute atomic E-state index is 0.230. The second-order valence-electron chi connectivity index (χ2n) is 5.61. The lowest BCUT2D eigenvalue weighted by atomic mass is 10.00. The second kappa shape index (κ2) is 7.87. The van der Waals surface area contributed by atoms with Crippen LogP contribution in [-0.4, -0.2) is 0 Å². The highest BCUT2D eigenvalue weighted by Gasteiger charge is 2.11. The van der Waals surface area contributed by atoms with Gasteiger partial charge in [-0.3, -0.25) is 0 Å². The molecule has 0 atom stereocenters. The molecule has 3 aromatic rings. The van der Waals surface area contributed by atoms with Gasteiger partial charge >= 0.3 is 0 Å². The Morgan fingerprint density at radius 3 is 2.15 bits per heavy atom. The number of rotatable bonds is 2. The summed E-state index contributed by atoms with van der Waals surface area (Å²) < 4.78 is 27.7. The van der Waals surface area contributed by atoms with Crippen molar-refractivity contribution in [2.75, 3.05) is 0 Å². The highest BCUT2D eigenvalue weighted by Crippen LogP contribution is 2.25. The maximum absolute atomic E-state index is 13.9. The molecule has 0 amide bonds. The summed E-state index contributed by atoms with van der Waals surface area (Å²) in [7, 11) is 0. The van der Waals surface area contributed by atoms with Gasteiger partial charge in [0.05, 0.1) is 4.90 Å². The molecule has 0 aromatic heterocycles. The minimum Gasteiger partial charge on any atom is -0.206 e. The van der Waals surface area contributed by atoms with E-state index in [-0.39, 0.29) is 10.5 Å². The fourth-order valence-electron chi connectivity index (χ4n) is 2.53. The van der Waals surface area contributed by atoms with Crippen LogP contribution in [0.4, 0.5) is 8.78 Å². The van der Waals surface area contributed by atoms with E-state index in [0.717, 1.165) is 34.4 Å². The molecule has 1 nitrogen and oxygen atoms in total. The lowest BCUT2D eigenvalue weighted by Gasteiger charge is -2.05. The van der Waals surface area contributed by atoms with E-state index in [1.54, 1.807) is 5.40 Å². The van der Waals surface area contributed by atoms with Crippen LogP contribution in [0.5, 0.6) is 0 Å². The molecule has 126 valence electrons. The molecule has 4 heteroatoms. The van der Waals surface area contributed by atoms with Gasteiger partial charge in [0.2, 0.25) is 0 Å². The largest absolute Gasteiger partial charge is 0.206 e. The van der Waals surface area contributed by atoms with Crippen molar-refractivity contribution in [3.63, 3.8) is 0 Å². The molecule has 0 spiro atoms. The first-order valence-corrected chi connectivity index (χ1v) is 8.63. The molecular formula is C22H13F2NS. The molecule has 0 heterocycles. The molecule has 0 radical (unpaired) electrons. The molecular weight excluding hydrogens is 348 g/mol. The Balaban J connectivity index is 1.90. The summed E-state index contributed by atoms with van der Waals surface area (Å²) in [6, 6.07) is 18.2. The first kappa shape index (κ1) is 17.7. The van der Waals surface area contributed by atoms with Crippen molar-refractivity contribution >= 4 is 11.8 Å². The summed E-state index contributed by atoms with van der Waals surface area (Å²) in [5, 5.41) is 10.2. The number of thiocyanates is 1. The van der Waals surface area contributed by atoms with Crippen LogP contribution in [0.25, 0.3) is 11.1 Å². The molecule has 3 aromatic carbocycles. The van der Waals surface area contributed by atoms with Crippen LogP contribution < -0.4 is 0 Å². The average Bonchev–Trinajstić information content (AvgIpc) is 2.64. The summed E-state index contributed by atoms with van der Waals surface area (Å²) in [6.45, 7) is 1.95. The smallest absolute Gasteiger partial charge is 0.142 e. The summed E-state index contributed by atoms with van der Waals surface area (Å²) in [5.41, 5.74) is 4.21. The lowest BCUT2D eigenvalue weighted by molar-refractivity contribution is 0.540. The number of nitrogens with zero attached hydrogens (tertiary/aromatic N) is 1. The van der Waals surface area contributed by atoms with Crippen molar-refractivity contribution in [1.29, 1.82) is 5.26 Å². The van der Waals surface area contributed by atoms with Crippen LogP contribution in [0.3, 0.4) is 0 Å². The van der Waals surface area contributed by atoms with Crippen LogP contribution in [0.15, 0.2) is 65.6 Å². The van der Waals surface area contributed by atoms with Crippen molar-refractivity contribution in [2.45, 2.75) is 11.8 Å². The van der Waals surface area contributed by atoms with Gasteiger partial charge in [-0.1, -0.05) is 54.3 Å². The molecule has 0 aliphatic rings. The Morgan fingerprint density at radius 1 is 0.846 bits per heavy atom. The monoisotopic (exact) mass is 361 g/mol. The van der Waals surface area contributed by atoms with E-state index in [0.29, 0.717) is 11.8 Å². The normalized spacial score (nSPS) is 9.92. The van der Waals surface area contributed by atoms with E-state index >= 15 is 0 Å². The Labute approximate surface area is 155 Å². The van der Waals surface area contributed by atoms with Crippen molar-refractivity contribution in [2.24, 2.45) is 0 Å². The van der Waals surface area contributed by atoms with Gasteiger partial charge in [-0.25, -0.2) is 8.78 Å². The lowest BCUT2D eigenvalue weighted by Crippen LogP contribution is -1.90. The van der Waals surface area contributed by atoms with Crippen LogP contribution >= 0.6 is 11.8 Å². The van der Waals surface area contributed by atoms with Crippen LogP contribution in [-0.2, 0) is 0 Å². The van der Waals surface area contributed by atoms with E-state index in [2.05, 4.69) is 11.8 Å². The first-order valence-electron chi connectivity index (χ1n) is 7.81. The first-order chi connectivity index (χ1) is 12.6. The maximum atomic E-state index is 13.9. The summed E-state index contributed by atoms with van der Waals surface area (Å²) >= 11 is 0.461. The number of halogens is 2. The number of benzene rings is 3. The van der Waals surface area contributed by atoms with Gasteiger partial charge in [-0.15, -0.1) is 0 Å². The Morgan fingerprint density at radius 2 is 1.54 bits per heavy atom. The number of thioether (sulfide) groups is 1. The van der Waals surface area contributed by atoms with Gasteiger partial charge in [-0.05, 0) is 53.6 Å². The van der Waals surface area contributed by atoms with E-state index < -0.39 is 11.6 Å². The van der Waals surface area contributed by atoms with E-state index in [9.17, 15) is 8.78 Å². The molecule has 0 unspecified atom stereocenters. The highest BCUT2D eigenvalue weighted by molar-refractivity contribution is 8.03. The minimum atomic E-state index is -0.781. The second-order valence-corrected chi connectivity index (χ2v) is 6.40. The molecule has 0 N–H and O–H groups in total. The van der Waals surface area contributed by atoms with Gasteiger partial charge in [0, 0.05) is 11.1 Å². The zero-order chi connectivity index (χ0) is 18.5. The van der Waals surface area contributed by atoms with Gasteiger partial charge in [0.25, 0.3) is 0 Å². The standard InChI is InChI=1S/C22H13F2NS/c1-15-11-19(18-5-3-2-4-6-18)10-9-17(15)8-7-16-12-20(23)22(26-14-25)21(24)13-16/h2-6,9-13H,1H3. The zero-order valence-corrected chi connectivity index (χ0v) is 14.7. The van der Waals surface area contributed by atoms with Crippen LogP contribution in [0.2, 0.25) is 0 Å².